The number of unbranched alkanes of at least 4 members (excludes halogenated alkanes) is 1. The van der Waals surface area contributed by atoms with Crippen LogP contribution in [-0.2, 0) is 34.3 Å². The van der Waals surface area contributed by atoms with Crippen LogP contribution in [0.1, 0.15) is 45.7 Å². The Hall–Kier alpha value is -2.52. The number of halogens is 3. The van der Waals surface area contributed by atoms with E-state index in [0.29, 0.717) is 13.0 Å². The summed E-state index contributed by atoms with van der Waals surface area (Å²) in [5.41, 5.74) is 13.7. The number of aromatic nitrogens is 1. The maximum atomic E-state index is 12.6. The quantitative estimate of drug-likeness (QED) is 0.0484. The zero-order chi connectivity index (χ0) is 29.4. The number of rotatable bonds is 12. The molecule has 2 heterocycles. The fourth-order valence-corrected chi connectivity index (χ4v) is 4.18. The highest BCUT2D eigenvalue weighted by atomic mass is 35.5. The van der Waals surface area contributed by atoms with Crippen LogP contribution in [0.15, 0.2) is 10.5 Å². The van der Waals surface area contributed by atoms with Gasteiger partial charge in [-0.2, -0.15) is 8.42 Å². The second-order valence-electron chi connectivity index (χ2n) is 8.45. The molecule has 0 radical (unpaired) electrons. The first kappa shape index (κ1) is 42.9. The van der Waals surface area contributed by atoms with Crippen molar-refractivity contribution in [2.45, 2.75) is 63.8 Å². The summed E-state index contributed by atoms with van der Waals surface area (Å²) >= 11 is 0.980. The summed E-state index contributed by atoms with van der Waals surface area (Å²) in [7, 11) is -4.76. The number of hydrogen-bond donors (Lipinski definition) is 7. The topological polar surface area (TPSA) is 291 Å². The van der Waals surface area contributed by atoms with E-state index in [1.807, 2.05) is 0 Å². The third-order valence-electron chi connectivity index (χ3n) is 5.02. The molecule has 0 aromatic carbocycles. The molecule has 0 spiro atoms. The Morgan fingerprint density at radius 2 is 1.80 bits per heavy atom. The van der Waals surface area contributed by atoms with Crippen LogP contribution in [0.25, 0.3) is 0 Å². The average molecular weight is 691 g/mol. The molecule has 17 nitrogen and oxygen atoms in total. The number of anilines is 1. The van der Waals surface area contributed by atoms with Gasteiger partial charge in [0.05, 0.1) is 6.04 Å². The zero-order valence-electron chi connectivity index (χ0n) is 22.0. The van der Waals surface area contributed by atoms with Crippen molar-refractivity contribution in [2.75, 3.05) is 12.3 Å². The lowest BCUT2D eigenvalue weighted by molar-refractivity contribution is -0.161. The van der Waals surface area contributed by atoms with E-state index in [9.17, 15) is 27.6 Å². The molecule has 1 aliphatic rings. The second kappa shape index (κ2) is 18.1. The number of hydrogen-bond acceptors (Lipinski definition) is 13. The summed E-state index contributed by atoms with van der Waals surface area (Å²) in [6, 6.07) is -3.03. The number of nitrogen functional groups attached to an aromatic ring is 1. The van der Waals surface area contributed by atoms with Gasteiger partial charge in [0.1, 0.15) is 17.8 Å². The van der Waals surface area contributed by atoms with Crippen molar-refractivity contribution in [3.8, 4) is 0 Å². The molecule has 3 atom stereocenters. The molecule has 2 amide bonds. The van der Waals surface area contributed by atoms with Gasteiger partial charge in [0.2, 0.25) is 5.60 Å². The van der Waals surface area contributed by atoms with Crippen LogP contribution in [-0.4, -0.2) is 92.2 Å². The van der Waals surface area contributed by atoms with Gasteiger partial charge in [0, 0.05) is 5.38 Å². The number of nitrogens with one attached hydrogen (secondary N) is 1. The molecule has 22 heteroatoms. The minimum Gasteiger partial charge on any atom is -0.480 e. The van der Waals surface area contributed by atoms with Gasteiger partial charge in [-0.1, -0.05) is 11.6 Å². The van der Waals surface area contributed by atoms with E-state index in [1.165, 1.54) is 26.2 Å². The van der Waals surface area contributed by atoms with Crippen LogP contribution < -0.4 is 22.5 Å². The molecule has 1 saturated heterocycles. The van der Waals surface area contributed by atoms with Gasteiger partial charge in [-0.15, -0.1) is 48.6 Å². The lowest BCUT2D eigenvalue weighted by Crippen LogP contribution is -2.71. The molecule has 10 N–H and O–H groups in total. The minimum absolute atomic E-state index is 0. The molecule has 2 rings (SSSR count). The molecule has 0 unspecified atom stereocenters. The Kier molecular flexibility index (Phi) is 19.0. The average Bonchev–Trinajstić information content (AvgIpc) is 3.22. The number of carbonyl (C=O) groups excluding carboxylic acids is 2. The molecular weight excluding hydrogens is 657 g/mol. The third-order valence-corrected chi connectivity index (χ3v) is 6.70. The largest absolute Gasteiger partial charge is 0.480 e. The van der Waals surface area contributed by atoms with Crippen LogP contribution in [0.3, 0.4) is 0 Å². The SMILES string of the molecule is C[C@H]1[C@H](NC(=O)/C(=N/OC(C)(C)C(=O)O)c2csc(N)n2)C(=O)N1S(=O)(=O)O.Cl.Cl.Cl.NCCCC[C@H](N)C(=O)O. The Morgan fingerprint density at radius 3 is 2.20 bits per heavy atom. The van der Waals surface area contributed by atoms with E-state index in [4.69, 9.17) is 36.8 Å². The van der Waals surface area contributed by atoms with Gasteiger partial charge in [0.15, 0.2) is 10.8 Å². The van der Waals surface area contributed by atoms with E-state index < -0.39 is 63.5 Å². The normalized spacial score (nSPS) is 17.2. The number of oxime groups is 1. The van der Waals surface area contributed by atoms with E-state index in [1.54, 1.807) is 0 Å². The number of nitrogens with zero attached hydrogens (tertiary/aromatic N) is 3. The van der Waals surface area contributed by atoms with Gasteiger partial charge < -0.3 is 37.6 Å². The van der Waals surface area contributed by atoms with Crippen molar-refractivity contribution in [3.63, 3.8) is 0 Å². The number of carboxylic acids is 2. The van der Waals surface area contributed by atoms with Gasteiger partial charge in [0.25, 0.3) is 11.8 Å². The van der Waals surface area contributed by atoms with Gasteiger partial charge in [-0.3, -0.25) is 18.9 Å². The standard InChI is InChI=1S/C13H17N5O8S2.C6H14N2O2.3ClH/c1-5-7(10(20)18(5)28(23,24)25)16-9(19)8(6-4-27-12(14)15-6)17-26-13(2,3)11(21)22;7-4-2-1-3-5(8)6(9)10;;;/h4-5,7H,1-3H3,(H2,14,15)(H,16,19)(H,21,22)(H,23,24,25);5H,1-4,7-8H2,(H,9,10);3*1H/b17-8+;;;;/t5-,7-;5-;;;/m00.../s1. The molecule has 41 heavy (non-hydrogen) atoms. The molecule has 1 aromatic rings. The number of thiazole rings is 1. The molecule has 0 aliphatic carbocycles. The number of nitrogens with two attached hydrogens (primary N) is 3. The molecule has 1 aliphatic heterocycles. The van der Waals surface area contributed by atoms with Crippen LogP contribution in [0.2, 0.25) is 0 Å². The minimum atomic E-state index is -4.76. The maximum Gasteiger partial charge on any atom is 0.362 e. The summed E-state index contributed by atoms with van der Waals surface area (Å²) in [5, 5.41) is 24.7. The fraction of sp³-hybridized carbons (Fsp3) is 0.579. The van der Waals surface area contributed by atoms with E-state index in [2.05, 4.69) is 15.5 Å². The van der Waals surface area contributed by atoms with E-state index >= 15 is 0 Å². The summed E-state index contributed by atoms with van der Waals surface area (Å²) in [6.07, 6.45) is 2.16. The lowest BCUT2D eigenvalue weighted by Gasteiger charge is -2.42. The molecule has 1 aromatic heterocycles. The zero-order valence-corrected chi connectivity index (χ0v) is 26.0. The van der Waals surface area contributed by atoms with Crippen molar-refractivity contribution >= 4 is 93.5 Å². The monoisotopic (exact) mass is 689 g/mol. The Bertz CT molecular complexity index is 1180. The predicted octanol–water partition coefficient (Wildman–Crippen LogP) is -0.380. The highest BCUT2D eigenvalue weighted by Crippen LogP contribution is 2.23. The highest BCUT2D eigenvalue weighted by Gasteiger charge is 2.51. The molecule has 238 valence electrons. The van der Waals surface area contributed by atoms with Crippen LogP contribution in [0.5, 0.6) is 0 Å². The Balaban J connectivity index is -0.000000958. The van der Waals surface area contributed by atoms with Crippen molar-refractivity contribution < 1.29 is 47.2 Å². The van der Waals surface area contributed by atoms with Crippen LogP contribution in [0, 0.1) is 0 Å². The number of aliphatic carboxylic acids is 2. The van der Waals surface area contributed by atoms with E-state index in [0.717, 1.165) is 24.2 Å². The van der Waals surface area contributed by atoms with Gasteiger partial charge >= 0.3 is 22.2 Å². The van der Waals surface area contributed by atoms with Crippen molar-refractivity contribution in [1.29, 1.82) is 0 Å². The number of carbonyl (C=O) groups is 4. The number of amides is 2. The van der Waals surface area contributed by atoms with Crippen molar-refractivity contribution in [1.82, 2.24) is 14.6 Å². The van der Waals surface area contributed by atoms with Crippen LogP contribution >= 0.6 is 48.6 Å². The molecule has 1 fully saturated rings. The first-order valence-electron chi connectivity index (χ1n) is 10.9. The number of carboxylic acid groups (broad SMARTS) is 2. The number of β-lactam (4-membered cyclic amide) rings is 1. The molecule has 0 saturated carbocycles. The second-order valence-corrected chi connectivity index (χ2v) is 10.6. The first-order chi connectivity index (χ1) is 17.4. The third kappa shape index (κ3) is 12.5. The molecular formula is C19H34Cl3N7O10S2. The van der Waals surface area contributed by atoms with E-state index in [-0.39, 0.29) is 52.4 Å². The van der Waals surface area contributed by atoms with Gasteiger partial charge in [-0.25, -0.2) is 14.1 Å². The highest BCUT2D eigenvalue weighted by molar-refractivity contribution is 7.84. The fourth-order valence-electron chi connectivity index (χ4n) is 2.74. The first-order valence-corrected chi connectivity index (χ1v) is 13.2. The summed E-state index contributed by atoms with van der Waals surface area (Å²) in [4.78, 5) is 54.5. The van der Waals surface area contributed by atoms with Crippen LogP contribution in [0.4, 0.5) is 5.13 Å². The smallest absolute Gasteiger partial charge is 0.362 e. The van der Waals surface area contributed by atoms with Crippen molar-refractivity contribution in [3.05, 3.63) is 11.1 Å². The van der Waals surface area contributed by atoms with Gasteiger partial charge in [-0.05, 0) is 40.2 Å². The molecule has 0 bridgehead atoms. The summed E-state index contributed by atoms with van der Waals surface area (Å²) in [6.45, 7) is 4.30. The predicted molar refractivity (Wildman–Crippen MR) is 156 cm³/mol. The maximum absolute atomic E-state index is 12.6. The van der Waals surface area contributed by atoms with Crippen molar-refractivity contribution in [2.24, 2.45) is 16.6 Å². The summed E-state index contributed by atoms with van der Waals surface area (Å²) < 4.78 is 31.4. The Labute approximate surface area is 258 Å². The Morgan fingerprint density at radius 1 is 1.24 bits per heavy atom. The lowest BCUT2D eigenvalue weighted by atomic mass is 10.0. The summed E-state index contributed by atoms with van der Waals surface area (Å²) in [5.74, 6) is -4.31.